The number of benzene rings is 2. The molecule has 0 radical (unpaired) electrons. The van der Waals surface area contributed by atoms with Gasteiger partial charge < -0.3 is 14.5 Å². The summed E-state index contributed by atoms with van der Waals surface area (Å²) >= 11 is 0. The minimum Gasteiger partial charge on any atom is -0.444 e. The molecule has 0 spiro atoms. The number of ether oxygens (including phenoxy) is 1. The number of anilines is 1. The van der Waals surface area contributed by atoms with Crippen molar-refractivity contribution in [2.24, 2.45) is 0 Å². The summed E-state index contributed by atoms with van der Waals surface area (Å²) in [6.07, 6.45) is 5.57. The molecule has 39 heavy (non-hydrogen) atoms. The van der Waals surface area contributed by atoms with Crippen LogP contribution >= 0.6 is 0 Å². The van der Waals surface area contributed by atoms with Crippen LogP contribution in [0.1, 0.15) is 26.5 Å². The van der Waals surface area contributed by atoms with Gasteiger partial charge in [-0.1, -0.05) is 30.3 Å². The molecule has 8 heteroatoms. The number of rotatable bonds is 3. The monoisotopic (exact) mass is 520 g/mol. The first-order valence-corrected chi connectivity index (χ1v) is 13.3. The van der Waals surface area contributed by atoms with E-state index < -0.39 is 5.60 Å². The van der Waals surface area contributed by atoms with E-state index in [4.69, 9.17) is 9.72 Å². The van der Waals surface area contributed by atoms with Gasteiger partial charge >= 0.3 is 6.09 Å². The molecule has 0 bridgehead atoms. The number of amides is 1. The Morgan fingerprint density at radius 3 is 2.38 bits per heavy atom. The molecular formula is C31H32N6O2. The second-order valence-corrected chi connectivity index (χ2v) is 11.0. The highest BCUT2D eigenvalue weighted by Gasteiger charge is 2.26. The number of nitrogens with zero attached hydrogens (tertiary/aromatic N) is 6. The van der Waals surface area contributed by atoms with E-state index in [0.717, 1.165) is 63.3 Å². The highest BCUT2D eigenvalue weighted by atomic mass is 16.6. The topological polar surface area (TPSA) is 75.9 Å². The summed E-state index contributed by atoms with van der Waals surface area (Å²) in [6.45, 7) is 10.5. The lowest BCUT2D eigenvalue weighted by molar-refractivity contribution is 0.0240. The van der Waals surface area contributed by atoms with Gasteiger partial charge in [0.1, 0.15) is 5.60 Å². The number of para-hydroxylation sites is 1. The number of fused-ring (bicyclic) bond motifs is 2. The first-order chi connectivity index (χ1) is 18.7. The molecule has 1 fully saturated rings. The molecule has 3 aromatic heterocycles. The molecule has 198 valence electrons. The maximum Gasteiger partial charge on any atom is 0.410 e. The molecule has 0 aliphatic carbocycles. The zero-order chi connectivity index (χ0) is 27.1. The lowest BCUT2D eigenvalue weighted by Gasteiger charge is -2.36. The highest BCUT2D eigenvalue weighted by molar-refractivity contribution is 5.98. The Morgan fingerprint density at radius 2 is 1.64 bits per heavy atom. The van der Waals surface area contributed by atoms with Gasteiger partial charge in [-0.05, 0) is 63.1 Å². The van der Waals surface area contributed by atoms with Crippen molar-refractivity contribution in [3.63, 3.8) is 0 Å². The van der Waals surface area contributed by atoms with Crippen molar-refractivity contribution in [1.29, 1.82) is 0 Å². The van der Waals surface area contributed by atoms with Gasteiger partial charge in [0.15, 0.2) is 5.65 Å². The predicted octanol–water partition coefficient (Wildman–Crippen LogP) is 5.98. The van der Waals surface area contributed by atoms with Gasteiger partial charge in [-0.3, -0.25) is 4.98 Å². The van der Waals surface area contributed by atoms with Crippen LogP contribution in [-0.2, 0) is 4.74 Å². The maximum absolute atomic E-state index is 12.4. The second-order valence-electron chi connectivity index (χ2n) is 11.0. The van der Waals surface area contributed by atoms with E-state index in [1.165, 1.54) is 0 Å². The zero-order valence-corrected chi connectivity index (χ0v) is 22.8. The molecule has 1 aliphatic rings. The molecule has 0 N–H and O–H groups in total. The average molecular weight is 521 g/mol. The Bertz CT molecular complexity index is 1660. The third kappa shape index (κ3) is 5.02. The number of aromatic nitrogens is 4. The molecule has 4 heterocycles. The largest absolute Gasteiger partial charge is 0.444 e. The summed E-state index contributed by atoms with van der Waals surface area (Å²) in [5.41, 5.74) is 7.55. The van der Waals surface area contributed by atoms with Crippen molar-refractivity contribution >= 4 is 28.3 Å². The van der Waals surface area contributed by atoms with E-state index in [0.29, 0.717) is 13.1 Å². The summed E-state index contributed by atoms with van der Waals surface area (Å²) in [4.78, 5) is 25.9. The van der Waals surface area contributed by atoms with Crippen molar-refractivity contribution in [1.82, 2.24) is 24.5 Å². The fourth-order valence-electron chi connectivity index (χ4n) is 5.08. The third-order valence-electron chi connectivity index (χ3n) is 6.99. The number of pyridine rings is 1. The Labute approximate surface area is 227 Å². The molecular weight excluding hydrogens is 488 g/mol. The van der Waals surface area contributed by atoms with Crippen molar-refractivity contribution in [2.45, 2.75) is 33.3 Å². The Morgan fingerprint density at radius 1 is 0.897 bits per heavy atom. The van der Waals surface area contributed by atoms with Crippen LogP contribution in [0, 0.1) is 6.92 Å². The van der Waals surface area contributed by atoms with Crippen LogP contribution in [0.25, 0.3) is 38.8 Å². The SMILES string of the molecule is Cc1cc(-c2cnn3cc(-c4ccc(N5CCN(C(=O)OC(C)(C)C)CC5)cc4)cnc23)c2ccccc2n1. The number of hydrogen-bond donors (Lipinski definition) is 0. The van der Waals surface area contributed by atoms with Gasteiger partial charge in [0.25, 0.3) is 0 Å². The minimum absolute atomic E-state index is 0.241. The summed E-state index contributed by atoms with van der Waals surface area (Å²) < 4.78 is 7.36. The lowest BCUT2D eigenvalue weighted by atomic mass is 10.0. The zero-order valence-electron chi connectivity index (χ0n) is 22.8. The second kappa shape index (κ2) is 9.69. The molecule has 8 nitrogen and oxygen atoms in total. The van der Waals surface area contributed by atoms with E-state index in [-0.39, 0.29) is 6.09 Å². The Balaban J connectivity index is 1.20. The van der Waals surface area contributed by atoms with E-state index >= 15 is 0 Å². The smallest absolute Gasteiger partial charge is 0.410 e. The van der Waals surface area contributed by atoms with Crippen molar-refractivity contribution in [3.8, 4) is 22.3 Å². The Kier molecular flexibility index (Phi) is 6.17. The van der Waals surface area contributed by atoms with Gasteiger partial charge in [0, 0.05) is 66.5 Å². The van der Waals surface area contributed by atoms with Crippen LogP contribution < -0.4 is 4.90 Å². The third-order valence-corrected chi connectivity index (χ3v) is 6.99. The average Bonchev–Trinajstić information content (AvgIpc) is 3.35. The lowest BCUT2D eigenvalue weighted by Crippen LogP contribution is -2.50. The van der Waals surface area contributed by atoms with Gasteiger partial charge in [0.05, 0.1) is 11.7 Å². The van der Waals surface area contributed by atoms with E-state index in [9.17, 15) is 4.79 Å². The first kappa shape index (κ1) is 24.9. The fraction of sp³-hybridized carbons (Fsp3) is 0.290. The van der Waals surface area contributed by atoms with Crippen molar-refractivity contribution in [3.05, 3.63) is 78.9 Å². The van der Waals surface area contributed by atoms with Crippen molar-refractivity contribution in [2.75, 3.05) is 31.1 Å². The van der Waals surface area contributed by atoms with Crippen LogP contribution in [0.2, 0.25) is 0 Å². The van der Waals surface area contributed by atoms with Gasteiger partial charge in [-0.2, -0.15) is 5.10 Å². The number of carbonyl (C=O) groups excluding carboxylic acids is 1. The molecule has 1 amide bonds. The quantitative estimate of drug-likeness (QED) is 0.291. The van der Waals surface area contributed by atoms with Gasteiger partial charge in [-0.25, -0.2) is 14.3 Å². The Hall–Kier alpha value is -4.46. The molecule has 2 aromatic carbocycles. The maximum atomic E-state index is 12.4. The van der Waals surface area contributed by atoms with Crippen LogP contribution in [0.15, 0.2) is 73.2 Å². The van der Waals surface area contributed by atoms with Crippen molar-refractivity contribution < 1.29 is 9.53 Å². The van der Waals surface area contributed by atoms with Crippen LogP contribution in [-0.4, -0.2) is 62.4 Å². The normalized spacial score (nSPS) is 14.3. The molecule has 5 aromatic rings. The first-order valence-electron chi connectivity index (χ1n) is 13.3. The minimum atomic E-state index is -0.480. The summed E-state index contributed by atoms with van der Waals surface area (Å²) in [5, 5.41) is 5.72. The van der Waals surface area contributed by atoms with Gasteiger partial charge in [-0.15, -0.1) is 0 Å². The number of piperazine rings is 1. The van der Waals surface area contributed by atoms with E-state index in [1.54, 1.807) is 4.90 Å². The molecule has 1 aliphatic heterocycles. The molecule has 1 saturated heterocycles. The number of hydrogen-bond acceptors (Lipinski definition) is 6. The molecule has 0 atom stereocenters. The molecule has 0 unspecified atom stereocenters. The van der Waals surface area contributed by atoms with Crippen LogP contribution in [0.3, 0.4) is 0 Å². The number of aryl methyl sites for hydroxylation is 1. The molecule has 6 rings (SSSR count). The number of carbonyl (C=O) groups is 1. The van der Waals surface area contributed by atoms with Gasteiger partial charge in [0.2, 0.25) is 0 Å². The summed E-state index contributed by atoms with van der Waals surface area (Å²) in [5.74, 6) is 0. The standard InChI is InChI=1S/C31H32N6O2/c1-21-17-26(25-7-5-6-8-28(25)34-21)27-19-33-37-20-23(18-32-29(27)37)22-9-11-24(12-10-22)35-13-15-36(16-14-35)30(38)39-31(2,3)4/h5-12,17-20H,13-16H2,1-4H3. The predicted molar refractivity (Wildman–Crippen MR) is 154 cm³/mol. The molecule has 0 saturated carbocycles. The highest BCUT2D eigenvalue weighted by Crippen LogP contribution is 2.32. The van der Waals surface area contributed by atoms with E-state index in [1.807, 2.05) is 69.0 Å². The summed E-state index contributed by atoms with van der Waals surface area (Å²) in [7, 11) is 0. The van der Waals surface area contributed by atoms with Crippen LogP contribution in [0.4, 0.5) is 10.5 Å². The van der Waals surface area contributed by atoms with Crippen LogP contribution in [0.5, 0.6) is 0 Å². The fourth-order valence-corrected chi connectivity index (χ4v) is 5.08. The van der Waals surface area contributed by atoms with E-state index in [2.05, 4.69) is 51.4 Å². The summed E-state index contributed by atoms with van der Waals surface area (Å²) in [6, 6.07) is 18.7.